The van der Waals surface area contributed by atoms with Gasteiger partial charge in [0.05, 0.1) is 5.69 Å². The van der Waals surface area contributed by atoms with Crippen LogP contribution in [0.2, 0.25) is 0 Å². The summed E-state index contributed by atoms with van der Waals surface area (Å²) in [5, 5.41) is 4.21. The van der Waals surface area contributed by atoms with Gasteiger partial charge in [-0.2, -0.15) is 16.9 Å². The van der Waals surface area contributed by atoms with Crippen molar-refractivity contribution in [1.29, 1.82) is 0 Å². The van der Waals surface area contributed by atoms with Crippen LogP contribution in [0.4, 0.5) is 5.82 Å². The fourth-order valence-corrected chi connectivity index (χ4v) is 1.69. The molecule has 1 aromatic rings. The largest absolute Gasteiger partial charge is 0.384 e. The molecule has 0 bridgehead atoms. The minimum absolute atomic E-state index is 0.789. The number of hydrogen-bond donors (Lipinski definition) is 1. The Balaban J connectivity index is 3.02. The molecule has 0 spiro atoms. The molecule has 0 aromatic carbocycles. The van der Waals surface area contributed by atoms with Gasteiger partial charge in [0.15, 0.2) is 0 Å². The van der Waals surface area contributed by atoms with E-state index in [0.717, 1.165) is 17.3 Å². The molecule has 0 unspecified atom stereocenters. The van der Waals surface area contributed by atoms with Crippen LogP contribution in [-0.2, 0) is 12.8 Å². The Labute approximate surface area is 71.0 Å². The van der Waals surface area contributed by atoms with Gasteiger partial charge in [-0.25, -0.2) is 0 Å². The van der Waals surface area contributed by atoms with Crippen LogP contribution in [0, 0.1) is 6.92 Å². The van der Waals surface area contributed by atoms with Crippen LogP contribution in [0.15, 0.2) is 0 Å². The minimum Gasteiger partial charge on any atom is -0.384 e. The van der Waals surface area contributed by atoms with Crippen molar-refractivity contribution in [1.82, 2.24) is 9.78 Å². The molecule has 0 saturated carbocycles. The smallest absolute Gasteiger partial charge is 0.125 e. The molecule has 2 N–H and O–H groups in total. The Morgan fingerprint density at radius 3 is 2.64 bits per heavy atom. The first-order chi connectivity index (χ1) is 5.16. The van der Waals surface area contributed by atoms with Crippen molar-refractivity contribution in [3.63, 3.8) is 0 Å². The zero-order valence-corrected chi connectivity index (χ0v) is 7.90. The highest BCUT2D eigenvalue weighted by molar-refractivity contribution is 7.97. The monoisotopic (exact) mass is 171 g/mol. The van der Waals surface area contributed by atoms with Crippen LogP contribution in [0.5, 0.6) is 0 Å². The van der Waals surface area contributed by atoms with Gasteiger partial charge in [0, 0.05) is 18.4 Å². The van der Waals surface area contributed by atoms with Gasteiger partial charge >= 0.3 is 0 Å². The van der Waals surface area contributed by atoms with E-state index >= 15 is 0 Å². The molecule has 1 rings (SSSR count). The summed E-state index contributed by atoms with van der Waals surface area (Å²) < 4.78 is 1.72. The number of thioether (sulfide) groups is 1. The highest BCUT2D eigenvalue weighted by Gasteiger charge is 2.08. The van der Waals surface area contributed by atoms with Crippen molar-refractivity contribution < 1.29 is 0 Å². The van der Waals surface area contributed by atoms with Crippen LogP contribution >= 0.6 is 11.8 Å². The molecule has 0 aliphatic rings. The molecule has 0 fully saturated rings. The van der Waals surface area contributed by atoms with Gasteiger partial charge in [-0.05, 0) is 13.2 Å². The lowest BCUT2D eigenvalue weighted by molar-refractivity contribution is 0.767. The zero-order valence-electron chi connectivity index (χ0n) is 7.09. The van der Waals surface area contributed by atoms with E-state index in [2.05, 4.69) is 11.4 Å². The number of aromatic nitrogens is 2. The number of anilines is 1. The van der Waals surface area contributed by atoms with E-state index in [9.17, 15) is 0 Å². The van der Waals surface area contributed by atoms with Gasteiger partial charge < -0.3 is 5.73 Å². The number of nitrogens with two attached hydrogens (primary N) is 1. The van der Waals surface area contributed by atoms with Gasteiger partial charge in [0.25, 0.3) is 0 Å². The Morgan fingerprint density at radius 2 is 2.27 bits per heavy atom. The summed E-state index contributed by atoms with van der Waals surface area (Å²) in [6.45, 7) is 1.99. The summed E-state index contributed by atoms with van der Waals surface area (Å²) in [6, 6.07) is 0. The first kappa shape index (κ1) is 8.46. The number of rotatable bonds is 2. The van der Waals surface area contributed by atoms with Crippen LogP contribution in [0.1, 0.15) is 11.3 Å². The topological polar surface area (TPSA) is 43.8 Å². The predicted octanol–water partition coefficient (Wildman–Crippen LogP) is 1.17. The Morgan fingerprint density at radius 1 is 1.64 bits per heavy atom. The lowest BCUT2D eigenvalue weighted by Gasteiger charge is -1.97. The minimum atomic E-state index is 0.789. The van der Waals surface area contributed by atoms with Crippen molar-refractivity contribution in [2.45, 2.75) is 12.7 Å². The second kappa shape index (κ2) is 3.17. The van der Waals surface area contributed by atoms with Crippen molar-refractivity contribution in [3.8, 4) is 0 Å². The summed E-state index contributed by atoms with van der Waals surface area (Å²) in [7, 11) is 1.87. The second-order valence-electron chi connectivity index (χ2n) is 2.51. The lowest BCUT2D eigenvalue weighted by atomic mass is 10.3. The van der Waals surface area contributed by atoms with E-state index in [0.29, 0.717) is 0 Å². The van der Waals surface area contributed by atoms with E-state index in [1.807, 2.05) is 14.0 Å². The summed E-state index contributed by atoms with van der Waals surface area (Å²) >= 11 is 1.76. The quantitative estimate of drug-likeness (QED) is 0.726. The van der Waals surface area contributed by atoms with Crippen molar-refractivity contribution in [2.75, 3.05) is 12.0 Å². The van der Waals surface area contributed by atoms with Crippen LogP contribution in [0.25, 0.3) is 0 Å². The molecule has 0 aliphatic carbocycles. The lowest BCUT2D eigenvalue weighted by Crippen LogP contribution is -1.98. The van der Waals surface area contributed by atoms with Crippen LogP contribution in [0.3, 0.4) is 0 Å². The maximum absolute atomic E-state index is 5.78. The fourth-order valence-electron chi connectivity index (χ4n) is 1.04. The molecule has 4 heteroatoms. The number of hydrogen-bond acceptors (Lipinski definition) is 3. The Bertz CT molecular complexity index is 254. The molecular weight excluding hydrogens is 158 g/mol. The molecule has 0 atom stereocenters. The van der Waals surface area contributed by atoms with Gasteiger partial charge in [-0.3, -0.25) is 4.68 Å². The zero-order chi connectivity index (χ0) is 8.43. The predicted molar refractivity (Wildman–Crippen MR) is 49.6 cm³/mol. The first-order valence-electron chi connectivity index (χ1n) is 3.43. The normalized spacial score (nSPS) is 10.5. The first-order valence-corrected chi connectivity index (χ1v) is 4.83. The van der Waals surface area contributed by atoms with Gasteiger partial charge in [-0.1, -0.05) is 0 Å². The molecule has 3 nitrogen and oxygen atoms in total. The number of nitrogen functional groups attached to an aromatic ring is 1. The highest BCUT2D eigenvalue weighted by atomic mass is 32.2. The van der Waals surface area contributed by atoms with E-state index in [4.69, 9.17) is 5.73 Å². The van der Waals surface area contributed by atoms with E-state index in [-0.39, 0.29) is 0 Å². The van der Waals surface area contributed by atoms with E-state index in [1.165, 1.54) is 5.56 Å². The summed E-state index contributed by atoms with van der Waals surface area (Å²) in [4.78, 5) is 0. The maximum Gasteiger partial charge on any atom is 0.125 e. The number of aryl methyl sites for hydroxylation is 2. The molecule has 11 heavy (non-hydrogen) atoms. The average molecular weight is 171 g/mol. The molecular formula is C7H13N3S. The molecule has 1 aromatic heterocycles. The molecule has 0 radical (unpaired) electrons. The average Bonchev–Trinajstić information content (AvgIpc) is 2.17. The van der Waals surface area contributed by atoms with Crippen LogP contribution < -0.4 is 5.73 Å². The molecule has 62 valence electrons. The van der Waals surface area contributed by atoms with Crippen LogP contribution in [-0.4, -0.2) is 16.0 Å². The van der Waals surface area contributed by atoms with Crippen molar-refractivity contribution >= 4 is 17.6 Å². The standard InChI is InChI=1S/C7H13N3S/c1-5-6(4-11-3)7(8)10(2)9-5/h4,8H2,1-3H3. The Hall–Kier alpha value is -0.640. The van der Waals surface area contributed by atoms with Gasteiger partial charge in [0.1, 0.15) is 5.82 Å². The number of nitrogens with zero attached hydrogens (tertiary/aromatic N) is 2. The van der Waals surface area contributed by atoms with Crippen molar-refractivity contribution in [2.24, 2.45) is 7.05 Å². The second-order valence-corrected chi connectivity index (χ2v) is 3.37. The molecule has 0 saturated heterocycles. The van der Waals surface area contributed by atoms with E-state index < -0.39 is 0 Å². The third kappa shape index (κ3) is 1.50. The van der Waals surface area contributed by atoms with Crippen molar-refractivity contribution in [3.05, 3.63) is 11.3 Å². The Kier molecular flexibility index (Phi) is 2.44. The van der Waals surface area contributed by atoms with Gasteiger partial charge in [0.2, 0.25) is 0 Å². The summed E-state index contributed by atoms with van der Waals surface area (Å²) in [5.41, 5.74) is 7.98. The third-order valence-electron chi connectivity index (χ3n) is 1.68. The maximum atomic E-state index is 5.78. The summed E-state index contributed by atoms with van der Waals surface area (Å²) in [5.74, 6) is 1.74. The summed E-state index contributed by atoms with van der Waals surface area (Å²) in [6.07, 6.45) is 2.06. The highest BCUT2D eigenvalue weighted by Crippen LogP contribution is 2.19. The molecule has 0 aliphatic heterocycles. The third-order valence-corrected chi connectivity index (χ3v) is 2.26. The fraction of sp³-hybridized carbons (Fsp3) is 0.571. The SMILES string of the molecule is CSCc1c(C)nn(C)c1N. The molecule has 1 heterocycles. The molecule has 0 amide bonds. The van der Waals surface area contributed by atoms with E-state index in [1.54, 1.807) is 16.4 Å². The van der Waals surface area contributed by atoms with Gasteiger partial charge in [-0.15, -0.1) is 0 Å².